The van der Waals surface area contributed by atoms with E-state index in [1.165, 1.54) is 7.05 Å². The molecule has 0 spiro atoms. The van der Waals surface area contributed by atoms with Gasteiger partial charge in [0.2, 0.25) is 5.91 Å². The minimum absolute atomic E-state index is 0.147. The number of hydrogen-bond donors (Lipinski definition) is 4. The Balaban J connectivity index is 4.11. The SMILES string of the molecule is CNC(=O)C(C)(C)CNC(=O)NC(C)CC(=O)O. The summed E-state index contributed by atoms with van der Waals surface area (Å²) in [5, 5.41) is 16.1. The van der Waals surface area contributed by atoms with Crippen LogP contribution >= 0.6 is 0 Å². The number of aliphatic carboxylic acids is 1. The Morgan fingerprint density at radius 3 is 2.28 bits per heavy atom. The Kier molecular flexibility index (Phi) is 6.15. The van der Waals surface area contributed by atoms with E-state index in [0.29, 0.717) is 0 Å². The number of urea groups is 1. The molecule has 0 aliphatic rings. The number of amides is 3. The molecule has 0 fully saturated rings. The number of hydrogen-bond acceptors (Lipinski definition) is 3. The fourth-order valence-electron chi connectivity index (χ4n) is 1.31. The maximum Gasteiger partial charge on any atom is 0.315 e. The van der Waals surface area contributed by atoms with E-state index in [1.54, 1.807) is 20.8 Å². The number of carbonyl (C=O) groups is 3. The third-order valence-electron chi connectivity index (χ3n) is 2.39. The van der Waals surface area contributed by atoms with Crippen LogP contribution in [0.25, 0.3) is 0 Å². The molecule has 0 saturated carbocycles. The quantitative estimate of drug-likeness (QED) is 0.535. The van der Waals surface area contributed by atoms with Crippen LogP contribution < -0.4 is 16.0 Å². The second-order valence-electron chi connectivity index (χ2n) is 4.79. The van der Waals surface area contributed by atoms with Gasteiger partial charge in [0.25, 0.3) is 0 Å². The lowest BCUT2D eigenvalue weighted by Gasteiger charge is -2.23. The van der Waals surface area contributed by atoms with Gasteiger partial charge in [0.15, 0.2) is 0 Å². The van der Waals surface area contributed by atoms with Crippen LogP contribution in [0.5, 0.6) is 0 Å². The average molecular weight is 259 g/mol. The topological polar surface area (TPSA) is 108 Å². The summed E-state index contributed by atoms with van der Waals surface area (Å²) in [5.74, 6) is -1.16. The molecule has 0 saturated heterocycles. The fraction of sp³-hybridized carbons (Fsp3) is 0.727. The lowest BCUT2D eigenvalue weighted by molar-refractivity contribution is -0.137. The van der Waals surface area contributed by atoms with Crippen LogP contribution in [-0.2, 0) is 9.59 Å². The highest BCUT2D eigenvalue weighted by Crippen LogP contribution is 2.12. The van der Waals surface area contributed by atoms with Gasteiger partial charge < -0.3 is 21.1 Å². The molecule has 7 nitrogen and oxygen atoms in total. The van der Waals surface area contributed by atoms with Crippen molar-refractivity contribution < 1.29 is 19.5 Å². The molecule has 0 aliphatic carbocycles. The summed E-state index contributed by atoms with van der Waals surface area (Å²) in [7, 11) is 1.53. The van der Waals surface area contributed by atoms with Gasteiger partial charge in [-0.1, -0.05) is 0 Å². The van der Waals surface area contributed by atoms with E-state index in [4.69, 9.17) is 5.11 Å². The largest absolute Gasteiger partial charge is 0.481 e. The number of rotatable bonds is 6. The highest BCUT2D eigenvalue weighted by Gasteiger charge is 2.27. The van der Waals surface area contributed by atoms with E-state index in [9.17, 15) is 14.4 Å². The highest BCUT2D eigenvalue weighted by atomic mass is 16.4. The van der Waals surface area contributed by atoms with Crippen molar-refractivity contribution >= 4 is 17.9 Å². The van der Waals surface area contributed by atoms with E-state index < -0.39 is 23.5 Å². The third kappa shape index (κ3) is 6.07. The molecular weight excluding hydrogens is 238 g/mol. The normalized spacial score (nSPS) is 12.4. The van der Waals surface area contributed by atoms with Crippen molar-refractivity contribution in [3.8, 4) is 0 Å². The summed E-state index contributed by atoms with van der Waals surface area (Å²) in [6.45, 7) is 5.16. The molecule has 0 radical (unpaired) electrons. The van der Waals surface area contributed by atoms with Crippen LogP contribution in [0.2, 0.25) is 0 Å². The molecule has 4 N–H and O–H groups in total. The molecule has 0 aromatic carbocycles. The van der Waals surface area contributed by atoms with E-state index in [2.05, 4.69) is 16.0 Å². The van der Waals surface area contributed by atoms with Gasteiger partial charge in [-0.15, -0.1) is 0 Å². The van der Waals surface area contributed by atoms with Gasteiger partial charge in [-0.2, -0.15) is 0 Å². The third-order valence-corrected chi connectivity index (χ3v) is 2.39. The predicted molar refractivity (Wildman–Crippen MR) is 66.1 cm³/mol. The van der Waals surface area contributed by atoms with Crippen LogP contribution in [0, 0.1) is 5.41 Å². The first-order valence-electron chi connectivity index (χ1n) is 5.67. The molecule has 1 atom stereocenters. The van der Waals surface area contributed by atoms with Crippen molar-refractivity contribution in [1.82, 2.24) is 16.0 Å². The Bertz CT molecular complexity index is 328. The molecular formula is C11H21N3O4. The smallest absolute Gasteiger partial charge is 0.315 e. The van der Waals surface area contributed by atoms with Crippen molar-refractivity contribution in [3.63, 3.8) is 0 Å². The summed E-state index contributed by atoms with van der Waals surface area (Å²) < 4.78 is 0. The van der Waals surface area contributed by atoms with Gasteiger partial charge in [-0.05, 0) is 20.8 Å². The highest BCUT2D eigenvalue weighted by molar-refractivity contribution is 5.83. The monoisotopic (exact) mass is 259 g/mol. The zero-order chi connectivity index (χ0) is 14.3. The van der Waals surface area contributed by atoms with Crippen LogP contribution in [0.15, 0.2) is 0 Å². The van der Waals surface area contributed by atoms with Crippen molar-refractivity contribution in [2.24, 2.45) is 5.41 Å². The summed E-state index contributed by atoms with van der Waals surface area (Å²) in [6, 6.07) is -0.952. The van der Waals surface area contributed by atoms with Crippen molar-refractivity contribution in [3.05, 3.63) is 0 Å². The van der Waals surface area contributed by atoms with Crippen LogP contribution in [0.3, 0.4) is 0 Å². The van der Waals surface area contributed by atoms with E-state index in [0.717, 1.165) is 0 Å². The first kappa shape index (κ1) is 16.2. The zero-order valence-electron chi connectivity index (χ0n) is 11.2. The van der Waals surface area contributed by atoms with Gasteiger partial charge in [0, 0.05) is 19.6 Å². The maximum absolute atomic E-state index is 11.5. The number of carbonyl (C=O) groups excluding carboxylic acids is 2. The van der Waals surface area contributed by atoms with Crippen LogP contribution in [-0.4, -0.2) is 42.6 Å². The molecule has 0 aliphatic heterocycles. The molecule has 0 heterocycles. The van der Waals surface area contributed by atoms with Gasteiger partial charge in [-0.3, -0.25) is 9.59 Å². The van der Waals surface area contributed by atoms with Gasteiger partial charge in [0.05, 0.1) is 11.8 Å². The summed E-state index contributed by atoms with van der Waals surface area (Å²) in [4.78, 5) is 33.3. The van der Waals surface area contributed by atoms with Crippen molar-refractivity contribution in [1.29, 1.82) is 0 Å². The minimum Gasteiger partial charge on any atom is -0.481 e. The number of carboxylic acids is 1. The van der Waals surface area contributed by atoms with E-state index in [1.807, 2.05) is 0 Å². The lowest BCUT2D eigenvalue weighted by atomic mass is 9.92. The summed E-state index contributed by atoms with van der Waals surface area (Å²) in [5.41, 5.74) is -0.720. The predicted octanol–water partition coefficient (Wildman–Crippen LogP) is -0.0790. The molecule has 0 bridgehead atoms. The molecule has 7 heteroatoms. The maximum atomic E-state index is 11.5. The molecule has 1 unspecified atom stereocenters. The van der Waals surface area contributed by atoms with Crippen molar-refractivity contribution in [2.75, 3.05) is 13.6 Å². The summed E-state index contributed by atoms with van der Waals surface area (Å²) in [6.07, 6.45) is -0.147. The Morgan fingerprint density at radius 2 is 1.83 bits per heavy atom. The Morgan fingerprint density at radius 1 is 1.28 bits per heavy atom. The van der Waals surface area contributed by atoms with Gasteiger partial charge in [0.1, 0.15) is 0 Å². The van der Waals surface area contributed by atoms with Crippen LogP contribution in [0.4, 0.5) is 4.79 Å². The first-order valence-corrected chi connectivity index (χ1v) is 5.67. The molecule has 104 valence electrons. The lowest BCUT2D eigenvalue weighted by Crippen LogP contribution is -2.48. The van der Waals surface area contributed by atoms with E-state index >= 15 is 0 Å². The zero-order valence-corrected chi connectivity index (χ0v) is 11.2. The molecule has 3 amide bonds. The minimum atomic E-state index is -0.978. The molecule has 0 aromatic heterocycles. The number of carboxylic acid groups (broad SMARTS) is 1. The van der Waals surface area contributed by atoms with Crippen LogP contribution in [0.1, 0.15) is 27.2 Å². The molecule has 0 rings (SSSR count). The standard InChI is InChI=1S/C11H21N3O4/c1-7(5-8(15)16)14-10(18)13-6-11(2,3)9(17)12-4/h7H,5-6H2,1-4H3,(H,12,17)(H,15,16)(H2,13,14,18). The first-order chi connectivity index (χ1) is 8.19. The second-order valence-corrected chi connectivity index (χ2v) is 4.79. The average Bonchev–Trinajstić information content (AvgIpc) is 2.24. The fourth-order valence-corrected chi connectivity index (χ4v) is 1.31. The Hall–Kier alpha value is -1.79. The van der Waals surface area contributed by atoms with Gasteiger partial charge >= 0.3 is 12.0 Å². The summed E-state index contributed by atoms with van der Waals surface area (Å²) >= 11 is 0. The van der Waals surface area contributed by atoms with Gasteiger partial charge in [-0.25, -0.2) is 4.79 Å². The number of nitrogens with one attached hydrogen (secondary N) is 3. The Labute approximate surface area is 106 Å². The van der Waals surface area contributed by atoms with E-state index in [-0.39, 0.29) is 18.9 Å². The molecule has 18 heavy (non-hydrogen) atoms. The van der Waals surface area contributed by atoms with Crippen molar-refractivity contribution in [2.45, 2.75) is 33.2 Å². The second kappa shape index (κ2) is 6.83. The molecule has 0 aromatic rings.